The number of rotatable bonds is 8. The first-order chi connectivity index (χ1) is 13.5. The summed E-state index contributed by atoms with van der Waals surface area (Å²) in [5.74, 6) is 0.880. The Morgan fingerprint density at radius 3 is 2.36 bits per heavy atom. The molecule has 3 rings (SSSR count). The molecule has 0 aliphatic heterocycles. The fourth-order valence-corrected chi connectivity index (χ4v) is 3.72. The molecule has 0 atom stereocenters. The second-order valence-electron chi connectivity index (χ2n) is 6.08. The molecule has 6 nitrogen and oxygen atoms in total. The Kier molecular flexibility index (Phi) is 6.16. The quantitative estimate of drug-likeness (QED) is 0.581. The Bertz CT molecular complexity index is 1020. The smallest absolute Gasteiger partial charge is 0.263 e. The number of nitrogens with zero attached hydrogens (tertiary/aromatic N) is 1. The van der Waals surface area contributed by atoms with Gasteiger partial charge in [0.05, 0.1) is 23.4 Å². The van der Waals surface area contributed by atoms with Gasteiger partial charge in [0.2, 0.25) is 0 Å². The van der Waals surface area contributed by atoms with Crippen LogP contribution in [0.25, 0.3) is 0 Å². The Balaban J connectivity index is 1.71. The molecule has 0 saturated carbocycles. The topological polar surface area (TPSA) is 80.3 Å². The van der Waals surface area contributed by atoms with Crippen LogP contribution in [0.15, 0.2) is 71.8 Å². The molecule has 0 fully saturated rings. The van der Waals surface area contributed by atoms with Gasteiger partial charge in [-0.05, 0) is 61.4 Å². The molecule has 0 amide bonds. The van der Waals surface area contributed by atoms with E-state index in [2.05, 4.69) is 28.0 Å². The molecular formula is C21H23N3O3S. The van der Waals surface area contributed by atoms with Crippen LogP contribution in [0.3, 0.4) is 0 Å². The number of nitrogens with one attached hydrogen (secondary N) is 2. The number of hydrogen-bond acceptors (Lipinski definition) is 5. The number of ether oxygens (including phenoxy) is 1. The lowest BCUT2D eigenvalue weighted by atomic mass is 10.1. The summed E-state index contributed by atoms with van der Waals surface area (Å²) in [4.78, 5) is 4.36. The maximum atomic E-state index is 12.5. The number of pyridine rings is 1. The molecule has 3 aromatic rings. The Labute approximate surface area is 165 Å². The average Bonchev–Trinajstić information content (AvgIpc) is 2.70. The normalized spacial score (nSPS) is 11.1. The molecule has 0 unspecified atom stereocenters. The van der Waals surface area contributed by atoms with E-state index in [4.69, 9.17) is 4.74 Å². The zero-order valence-corrected chi connectivity index (χ0v) is 16.7. The van der Waals surface area contributed by atoms with Crippen LogP contribution in [0.1, 0.15) is 19.4 Å². The van der Waals surface area contributed by atoms with Crippen molar-refractivity contribution in [1.29, 1.82) is 0 Å². The fraction of sp³-hybridized carbons (Fsp3) is 0.190. The molecule has 0 saturated heterocycles. The number of para-hydroxylation sites is 1. The zero-order chi connectivity index (χ0) is 20.0. The average molecular weight is 398 g/mol. The summed E-state index contributed by atoms with van der Waals surface area (Å²) < 4.78 is 32.9. The molecule has 2 aromatic carbocycles. The number of hydrogen-bond donors (Lipinski definition) is 2. The highest BCUT2D eigenvalue weighted by Crippen LogP contribution is 2.23. The maximum absolute atomic E-state index is 12.5. The van der Waals surface area contributed by atoms with Crippen LogP contribution in [0.5, 0.6) is 5.75 Å². The van der Waals surface area contributed by atoms with Crippen molar-refractivity contribution in [1.82, 2.24) is 4.98 Å². The van der Waals surface area contributed by atoms with E-state index in [0.29, 0.717) is 12.4 Å². The van der Waals surface area contributed by atoms with Crippen molar-refractivity contribution >= 4 is 27.2 Å². The summed E-state index contributed by atoms with van der Waals surface area (Å²) in [7, 11) is -3.72. The molecule has 1 aromatic heterocycles. The lowest BCUT2D eigenvalue weighted by molar-refractivity contribution is 0.340. The summed E-state index contributed by atoms with van der Waals surface area (Å²) in [6.45, 7) is 4.49. The minimum Gasteiger partial charge on any atom is -0.494 e. The van der Waals surface area contributed by atoms with Crippen LogP contribution in [0.2, 0.25) is 0 Å². The Morgan fingerprint density at radius 1 is 0.964 bits per heavy atom. The predicted molar refractivity (Wildman–Crippen MR) is 112 cm³/mol. The predicted octanol–water partition coefficient (Wildman–Crippen LogP) is 4.59. The van der Waals surface area contributed by atoms with E-state index < -0.39 is 10.0 Å². The van der Waals surface area contributed by atoms with Crippen LogP contribution < -0.4 is 14.8 Å². The molecule has 0 radical (unpaired) electrons. The van der Waals surface area contributed by atoms with Crippen molar-refractivity contribution in [3.05, 3.63) is 72.4 Å². The molecule has 146 valence electrons. The van der Waals surface area contributed by atoms with Crippen molar-refractivity contribution < 1.29 is 13.2 Å². The molecule has 2 N–H and O–H groups in total. The highest BCUT2D eigenvalue weighted by Gasteiger charge is 2.15. The van der Waals surface area contributed by atoms with Crippen LogP contribution in [0, 0.1) is 0 Å². The van der Waals surface area contributed by atoms with Crippen molar-refractivity contribution in [3.8, 4) is 5.75 Å². The third-order valence-electron chi connectivity index (χ3n) is 4.12. The van der Waals surface area contributed by atoms with Crippen molar-refractivity contribution in [3.63, 3.8) is 0 Å². The fourth-order valence-electron chi connectivity index (χ4n) is 2.71. The van der Waals surface area contributed by atoms with Gasteiger partial charge in [0.15, 0.2) is 0 Å². The number of benzene rings is 2. The van der Waals surface area contributed by atoms with E-state index in [1.807, 2.05) is 25.1 Å². The van der Waals surface area contributed by atoms with Crippen LogP contribution in [-0.2, 0) is 16.4 Å². The lowest BCUT2D eigenvalue weighted by Crippen LogP contribution is -2.13. The van der Waals surface area contributed by atoms with Gasteiger partial charge in [-0.15, -0.1) is 0 Å². The third-order valence-corrected chi connectivity index (χ3v) is 5.50. The number of aryl methyl sites for hydroxylation is 1. The Hall–Kier alpha value is -3.06. The van der Waals surface area contributed by atoms with E-state index >= 15 is 0 Å². The third kappa shape index (κ3) is 4.80. The maximum Gasteiger partial charge on any atom is 0.263 e. The second-order valence-corrected chi connectivity index (χ2v) is 7.76. The van der Waals surface area contributed by atoms with Gasteiger partial charge in [-0.1, -0.05) is 25.1 Å². The van der Waals surface area contributed by atoms with Crippen molar-refractivity contribution in [2.24, 2.45) is 0 Å². The molecule has 0 aliphatic carbocycles. The van der Waals surface area contributed by atoms with E-state index in [-0.39, 0.29) is 10.7 Å². The molecule has 0 spiro atoms. The standard InChI is InChI=1S/C21H23N3O3S/c1-3-16-7-5-6-8-20(16)23-17-9-14-21(22-15-17)24-28(25,26)19-12-10-18(11-13-19)27-4-2/h5-15,23H,3-4H2,1-2H3,(H,22,24). The van der Waals surface area contributed by atoms with Gasteiger partial charge in [-0.3, -0.25) is 4.72 Å². The highest BCUT2D eigenvalue weighted by molar-refractivity contribution is 7.92. The van der Waals surface area contributed by atoms with Crippen LogP contribution >= 0.6 is 0 Å². The molecule has 28 heavy (non-hydrogen) atoms. The molecule has 7 heteroatoms. The Morgan fingerprint density at radius 2 is 1.71 bits per heavy atom. The van der Waals surface area contributed by atoms with Gasteiger partial charge in [-0.2, -0.15) is 0 Å². The largest absolute Gasteiger partial charge is 0.494 e. The van der Waals surface area contributed by atoms with Crippen molar-refractivity contribution in [2.75, 3.05) is 16.6 Å². The molecule has 1 heterocycles. The summed E-state index contributed by atoms with van der Waals surface area (Å²) in [6.07, 6.45) is 2.51. The van der Waals surface area contributed by atoms with Gasteiger partial charge in [0.25, 0.3) is 10.0 Å². The molecular weight excluding hydrogens is 374 g/mol. The minimum absolute atomic E-state index is 0.150. The zero-order valence-electron chi connectivity index (χ0n) is 15.8. The highest BCUT2D eigenvalue weighted by atomic mass is 32.2. The SMILES string of the molecule is CCOc1ccc(S(=O)(=O)Nc2ccc(Nc3ccccc3CC)cn2)cc1. The van der Waals surface area contributed by atoms with E-state index in [9.17, 15) is 8.42 Å². The van der Waals surface area contributed by atoms with Crippen LogP contribution in [-0.4, -0.2) is 20.0 Å². The minimum atomic E-state index is -3.72. The van der Waals surface area contributed by atoms with E-state index in [1.54, 1.807) is 30.5 Å². The number of sulfonamides is 1. The first-order valence-corrected chi connectivity index (χ1v) is 10.6. The van der Waals surface area contributed by atoms with E-state index in [1.165, 1.54) is 17.7 Å². The first-order valence-electron chi connectivity index (χ1n) is 9.08. The summed E-state index contributed by atoms with van der Waals surface area (Å²) >= 11 is 0. The second kappa shape index (κ2) is 8.75. The number of aromatic nitrogens is 1. The molecule has 0 aliphatic rings. The number of anilines is 3. The van der Waals surface area contributed by atoms with Gasteiger partial charge >= 0.3 is 0 Å². The van der Waals surface area contributed by atoms with Gasteiger partial charge in [0.1, 0.15) is 11.6 Å². The first kappa shape index (κ1) is 19.7. The van der Waals surface area contributed by atoms with Crippen LogP contribution in [0.4, 0.5) is 17.2 Å². The lowest BCUT2D eigenvalue weighted by Gasteiger charge is -2.12. The van der Waals surface area contributed by atoms with Crippen molar-refractivity contribution in [2.45, 2.75) is 25.2 Å². The summed E-state index contributed by atoms with van der Waals surface area (Å²) in [5, 5.41) is 3.31. The summed E-state index contributed by atoms with van der Waals surface area (Å²) in [6, 6.07) is 17.7. The van der Waals surface area contributed by atoms with Gasteiger partial charge in [0, 0.05) is 5.69 Å². The monoisotopic (exact) mass is 397 g/mol. The van der Waals surface area contributed by atoms with Gasteiger partial charge < -0.3 is 10.1 Å². The van der Waals surface area contributed by atoms with E-state index in [0.717, 1.165) is 17.8 Å². The molecule has 0 bridgehead atoms. The summed E-state index contributed by atoms with van der Waals surface area (Å²) in [5.41, 5.74) is 2.99. The van der Waals surface area contributed by atoms with Gasteiger partial charge in [-0.25, -0.2) is 13.4 Å².